The molecule has 2 aliphatic rings. The molecule has 0 radical (unpaired) electrons. The molecule has 0 bridgehead atoms. The van der Waals surface area contributed by atoms with Crippen LogP contribution in [0.25, 0.3) is 28.4 Å². The molecule has 3 aromatic carbocycles. The molecule has 2 aliphatic heterocycles. The number of phenols is 3. The van der Waals surface area contributed by atoms with Gasteiger partial charge in [0.1, 0.15) is 65.5 Å². The van der Waals surface area contributed by atoms with Crippen LogP contribution in [0.5, 0.6) is 28.7 Å². The van der Waals surface area contributed by atoms with Crippen molar-refractivity contribution in [2.45, 2.75) is 55.5 Å². The van der Waals surface area contributed by atoms with Crippen molar-refractivity contribution in [3.8, 4) is 40.1 Å². The van der Waals surface area contributed by atoms with Gasteiger partial charge in [0.2, 0.25) is 18.3 Å². The lowest BCUT2D eigenvalue weighted by atomic mass is 9.94. The number of carbonyl (C=O) groups is 1. The molecule has 282 valence electrons. The molecule has 1 aromatic heterocycles. The molecule has 2 fully saturated rings. The van der Waals surface area contributed by atoms with Gasteiger partial charge in [-0.2, -0.15) is 0 Å². The summed E-state index contributed by atoms with van der Waals surface area (Å²) in [6.07, 6.45) is -12.9. The number of phenolic OH excluding ortho intramolecular Hbond substituents is 3. The predicted molar refractivity (Wildman–Crippen MR) is 179 cm³/mol. The normalized spacial score (nSPS) is 28.9. The summed E-state index contributed by atoms with van der Waals surface area (Å²) < 4.78 is 34.3. The van der Waals surface area contributed by atoms with E-state index in [1.165, 1.54) is 54.6 Å². The van der Waals surface area contributed by atoms with Crippen LogP contribution in [0.3, 0.4) is 0 Å². The number of carbonyl (C=O) groups excluding carboxylic acids is 1. The molecule has 17 heteroatoms. The molecule has 53 heavy (non-hydrogen) atoms. The first-order valence-corrected chi connectivity index (χ1v) is 16.2. The molecule has 0 aliphatic carbocycles. The van der Waals surface area contributed by atoms with Crippen molar-refractivity contribution in [1.29, 1.82) is 0 Å². The zero-order valence-corrected chi connectivity index (χ0v) is 27.5. The topological polar surface area (TPSA) is 277 Å². The molecule has 0 saturated carbocycles. The Labute approximate surface area is 299 Å². The minimum atomic E-state index is -1.89. The molecule has 0 amide bonds. The Hall–Kier alpha value is -5.08. The van der Waals surface area contributed by atoms with Gasteiger partial charge in [0.15, 0.2) is 6.29 Å². The van der Waals surface area contributed by atoms with Crippen molar-refractivity contribution in [3.05, 3.63) is 78.4 Å². The number of hydrogen-bond donors (Lipinski definition) is 10. The Morgan fingerprint density at radius 1 is 0.717 bits per heavy atom. The first kappa shape index (κ1) is 37.7. The number of ether oxygens (including phenoxy) is 5. The Bertz CT molecular complexity index is 1920. The van der Waals surface area contributed by atoms with Crippen LogP contribution in [-0.2, 0) is 19.0 Å². The molecule has 6 rings (SSSR count). The van der Waals surface area contributed by atoms with Gasteiger partial charge >= 0.3 is 17.3 Å². The van der Waals surface area contributed by atoms with Gasteiger partial charge in [0.25, 0.3) is 0 Å². The maximum absolute atomic E-state index is 12.4. The highest BCUT2D eigenvalue weighted by Gasteiger charge is 2.47. The van der Waals surface area contributed by atoms with Crippen molar-refractivity contribution in [2.24, 2.45) is 5.92 Å². The Balaban J connectivity index is 1.30. The van der Waals surface area contributed by atoms with E-state index in [1.807, 2.05) is 0 Å². The summed E-state index contributed by atoms with van der Waals surface area (Å²) in [5.74, 6) is -2.85. The van der Waals surface area contributed by atoms with Crippen LogP contribution in [0.2, 0.25) is 0 Å². The van der Waals surface area contributed by atoms with Crippen LogP contribution in [-0.4, -0.2) is 126 Å². The average molecular weight is 742 g/mol. The lowest BCUT2D eigenvalue weighted by Gasteiger charge is -2.40. The van der Waals surface area contributed by atoms with Gasteiger partial charge in [-0.05, 0) is 48.0 Å². The van der Waals surface area contributed by atoms with Crippen molar-refractivity contribution < 1.29 is 84.0 Å². The SMILES string of the molecule is O=C(/C=C/c1ccc(O)cc1)OC[C@@H]1O[C@H](Oc2cc3c(O[C@@H]4O[C@@H](O)[C@H](O)[C@@H](O)[C@@H]4CO)cc(O)cc3[o+]c2-c2ccc(O)cc2)[C@@H](O)[C@H](O)[C@H]1O. The number of rotatable bonds is 10. The van der Waals surface area contributed by atoms with E-state index in [1.54, 1.807) is 12.1 Å². The second-order valence-corrected chi connectivity index (χ2v) is 12.4. The van der Waals surface area contributed by atoms with Gasteiger partial charge in [-0.3, -0.25) is 0 Å². The van der Waals surface area contributed by atoms with Crippen LogP contribution in [0.15, 0.2) is 77.2 Å². The fourth-order valence-electron chi connectivity index (χ4n) is 5.74. The van der Waals surface area contributed by atoms with E-state index in [4.69, 9.17) is 28.1 Å². The summed E-state index contributed by atoms with van der Waals surface area (Å²) in [4.78, 5) is 12.4. The van der Waals surface area contributed by atoms with Gasteiger partial charge in [0.05, 0.1) is 30.3 Å². The van der Waals surface area contributed by atoms with Gasteiger partial charge in [0, 0.05) is 18.2 Å². The number of aromatic hydroxyl groups is 3. The minimum Gasteiger partial charge on any atom is -0.508 e. The fraction of sp³-hybridized carbons (Fsp3) is 0.333. The van der Waals surface area contributed by atoms with Crippen LogP contribution >= 0.6 is 0 Å². The summed E-state index contributed by atoms with van der Waals surface area (Å²) in [5.41, 5.74) is 0.889. The predicted octanol–water partition coefficient (Wildman–Crippen LogP) is 0.324. The highest BCUT2D eigenvalue weighted by molar-refractivity contribution is 5.89. The molecular formula is C36H37O17+. The highest BCUT2D eigenvalue weighted by atomic mass is 16.7. The summed E-state index contributed by atoms with van der Waals surface area (Å²) in [5, 5.41) is 103. The van der Waals surface area contributed by atoms with Crippen molar-refractivity contribution in [3.63, 3.8) is 0 Å². The smallest absolute Gasteiger partial charge is 0.402 e. The molecule has 0 spiro atoms. The molecular weight excluding hydrogens is 704 g/mol. The van der Waals surface area contributed by atoms with E-state index in [2.05, 4.69) is 0 Å². The standard InChI is InChI=1S/C36H36O17/c37-14-22-28(42)31(45)34(47)53-35(22)50-24-12-20(40)11-23-21(24)13-25(33(49-23)17-4-8-19(39)9-5-17)51-36-32(46)30(44)29(43)26(52-36)15-48-27(41)10-3-16-1-6-18(38)7-2-16/h1-13,22,26,28-32,34-37,42-47H,14-15H2,(H2-,38,39,40,41)/p+1/t22-,26-,28-,29-,30+,31+,32-,34+,35+,36-/m0/s1. The lowest BCUT2D eigenvalue weighted by Crippen LogP contribution is -2.60. The Kier molecular flexibility index (Phi) is 11.3. The molecule has 4 aromatic rings. The van der Waals surface area contributed by atoms with Crippen molar-refractivity contribution in [2.75, 3.05) is 13.2 Å². The summed E-state index contributed by atoms with van der Waals surface area (Å²) in [7, 11) is 0. The average Bonchev–Trinajstić information content (AvgIpc) is 3.13. The Morgan fingerprint density at radius 3 is 2.06 bits per heavy atom. The third-order valence-electron chi connectivity index (χ3n) is 8.69. The lowest BCUT2D eigenvalue weighted by molar-refractivity contribution is -0.312. The van der Waals surface area contributed by atoms with E-state index in [0.717, 1.165) is 12.1 Å². The van der Waals surface area contributed by atoms with Gasteiger partial charge in [-0.25, -0.2) is 9.21 Å². The van der Waals surface area contributed by atoms with Crippen LogP contribution < -0.4 is 9.47 Å². The molecule has 0 unspecified atom stereocenters. The van der Waals surface area contributed by atoms with Crippen LogP contribution in [0.1, 0.15) is 5.56 Å². The van der Waals surface area contributed by atoms with E-state index < -0.39 is 80.6 Å². The third-order valence-corrected chi connectivity index (χ3v) is 8.69. The maximum Gasteiger partial charge on any atom is 0.402 e. The Morgan fingerprint density at radius 2 is 1.38 bits per heavy atom. The minimum absolute atomic E-state index is 0.0152. The number of benzene rings is 3. The van der Waals surface area contributed by atoms with E-state index in [9.17, 15) is 55.9 Å². The number of aliphatic hydroxyl groups is 7. The summed E-state index contributed by atoms with van der Waals surface area (Å²) in [6.45, 7) is -1.31. The first-order valence-electron chi connectivity index (χ1n) is 16.2. The molecule has 3 heterocycles. The second kappa shape index (κ2) is 15.9. The molecule has 17 nitrogen and oxygen atoms in total. The van der Waals surface area contributed by atoms with Crippen molar-refractivity contribution in [1.82, 2.24) is 0 Å². The van der Waals surface area contributed by atoms with E-state index in [-0.39, 0.29) is 45.5 Å². The van der Waals surface area contributed by atoms with Gasteiger partial charge in [-0.1, -0.05) is 12.1 Å². The van der Waals surface area contributed by atoms with Crippen LogP contribution in [0.4, 0.5) is 0 Å². The fourth-order valence-corrected chi connectivity index (χ4v) is 5.74. The van der Waals surface area contributed by atoms with E-state index in [0.29, 0.717) is 11.1 Å². The van der Waals surface area contributed by atoms with Crippen molar-refractivity contribution >= 4 is 23.0 Å². The number of esters is 1. The van der Waals surface area contributed by atoms with Crippen LogP contribution in [0, 0.1) is 5.92 Å². The largest absolute Gasteiger partial charge is 0.508 e. The third kappa shape index (κ3) is 8.28. The number of hydrogen-bond acceptors (Lipinski definition) is 16. The number of aliphatic hydroxyl groups excluding tert-OH is 7. The number of fused-ring (bicyclic) bond motifs is 1. The van der Waals surface area contributed by atoms with Gasteiger partial charge < -0.3 is 74.7 Å². The maximum atomic E-state index is 12.4. The second-order valence-electron chi connectivity index (χ2n) is 12.4. The zero-order valence-electron chi connectivity index (χ0n) is 27.5. The van der Waals surface area contributed by atoms with Gasteiger partial charge in [-0.15, -0.1) is 0 Å². The van der Waals surface area contributed by atoms with E-state index >= 15 is 0 Å². The summed E-state index contributed by atoms with van der Waals surface area (Å²) in [6, 6.07) is 15.3. The quantitative estimate of drug-likeness (QED) is 0.0595. The molecule has 2 saturated heterocycles. The molecule has 10 N–H and O–H groups in total. The highest BCUT2D eigenvalue weighted by Crippen LogP contribution is 2.42. The molecule has 10 atom stereocenters. The first-order chi connectivity index (χ1) is 25.3. The monoisotopic (exact) mass is 741 g/mol. The summed E-state index contributed by atoms with van der Waals surface area (Å²) >= 11 is 0. The zero-order chi connectivity index (χ0) is 38.0.